The molecule has 1 unspecified atom stereocenters. The Balaban J connectivity index is 2.51. The number of esters is 2. The smallest absolute Gasteiger partial charge is 0.355 e. The second-order valence-electron chi connectivity index (χ2n) is 7.06. The van der Waals surface area contributed by atoms with E-state index in [1.807, 2.05) is 0 Å². The molecule has 0 spiro atoms. The van der Waals surface area contributed by atoms with Crippen LogP contribution in [0, 0.1) is 18.3 Å². The van der Waals surface area contributed by atoms with Gasteiger partial charge in [0.25, 0.3) is 0 Å². The Hall–Kier alpha value is -3.77. The van der Waals surface area contributed by atoms with E-state index in [1.165, 1.54) is 26.2 Å². The Morgan fingerprint density at radius 1 is 1.06 bits per heavy atom. The summed E-state index contributed by atoms with van der Waals surface area (Å²) in [7, 11) is 3.87. The number of carbonyl (C=O) groups excluding carboxylic acids is 2. The molecular formula is C24H22BrN3O5. The van der Waals surface area contributed by atoms with E-state index in [0.717, 1.165) is 0 Å². The highest BCUT2D eigenvalue weighted by Crippen LogP contribution is 2.47. The predicted molar refractivity (Wildman–Crippen MR) is 125 cm³/mol. The molecule has 170 valence electrons. The van der Waals surface area contributed by atoms with Crippen LogP contribution in [0.15, 0.2) is 69.6 Å². The van der Waals surface area contributed by atoms with Gasteiger partial charge in [-0.15, -0.1) is 0 Å². The lowest BCUT2D eigenvalue weighted by Gasteiger charge is -2.37. The third kappa shape index (κ3) is 4.05. The molecule has 0 aromatic heterocycles. The fourth-order valence-corrected chi connectivity index (χ4v) is 4.16. The van der Waals surface area contributed by atoms with Gasteiger partial charge in [0.1, 0.15) is 17.3 Å². The van der Waals surface area contributed by atoms with Gasteiger partial charge in [-0.25, -0.2) is 9.59 Å². The molecule has 0 saturated heterocycles. The molecule has 1 atom stereocenters. The van der Waals surface area contributed by atoms with E-state index >= 15 is 0 Å². The van der Waals surface area contributed by atoms with Gasteiger partial charge in [-0.3, -0.25) is 4.90 Å². The number of nitrogens with two attached hydrogens (primary N) is 1. The number of carbonyl (C=O) groups is 2. The van der Waals surface area contributed by atoms with Gasteiger partial charge in [-0.1, -0.05) is 46.3 Å². The lowest BCUT2D eigenvalue weighted by Crippen LogP contribution is -2.41. The monoisotopic (exact) mass is 511 g/mol. The van der Waals surface area contributed by atoms with Crippen LogP contribution in [0.1, 0.15) is 17.0 Å². The van der Waals surface area contributed by atoms with Gasteiger partial charge in [0, 0.05) is 4.47 Å². The fraction of sp³-hybridized carbons (Fsp3) is 0.208. The molecule has 2 N–H and O–H groups in total. The number of hydrogen-bond acceptors (Lipinski definition) is 8. The van der Waals surface area contributed by atoms with E-state index in [9.17, 15) is 14.9 Å². The van der Waals surface area contributed by atoms with Crippen LogP contribution in [0.4, 0.5) is 5.69 Å². The highest BCUT2D eigenvalue weighted by atomic mass is 79.9. The Morgan fingerprint density at radius 3 is 2.24 bits per heavy atom. The SMILES string of the molecule is COC(=O)C1=C(C(=O)OC)N(c2c(OC)ccc(Br)c2C)C(N)=C(C#N)C1c1ccccc1. The number of nitrogens with zero attached hydrogens (tertiary/aromatic N) is 2. The van der Waals surface area contributed by atoms with Gasteiger partial charge in [0.2, 0.25) is 0 Å². The molecule has 8 nitrogen and oxygen atoms in total. The van der Waals surface area contributed by atoms with Crippen LogP contribution in [0.5, 0.6) is 5.75 Å². The summed E-state index contributed by atoms with van der Waals surface area (Å²) in [6.07, 6.45) is 0. The lowest BCUT2D eigenvalue weighted by molar-refractivity contribution is -0.139. The number of anilines is 1. The lowest BCUT2D eigenvalue weighted by atomic mass is 9.80. The summed E-state index contributed by atoms with van der Waals surface area (Å²) in [5, 5.41) is 10.1. The van der Waals surface area contributed by atoms with Gasteiger partial charge in [0.15, 0.2) is 0 Å². The van der Waals surface area contributed by atoms with Crippen LogP contribution in [0.2, 0.25) is 0 Å². The number of allylic oxidation sites excluding steroid dienone is 1. The van der Waals surface area contributed by atoms with Gasteiger partial charge in [-0.05, 0) is 30.2 Å². The summed E-state index contributed by atoms with van der Waals surface area (Å²) in [4.78, 5) is 27.6. The first kappa shape index (κ1) is 23.9. The minimum Gasteiger partial charge on any atom is -0.495 e. The highest BCUT2D eigenvalue weighted by Gasteiger charge is 2.44. The second-order valence-corrected chi connectivity index (χ2v) is 7.91. The second kappa shape index (κ2) is 9.79. The van der Waals surface area contributed by atoms with Crippen molar-refractivity contribution in [2.75, 3.05) is 26.2 Å². The Kier molecular flexibility index (Phi) is 7.09. The third-order valence-corrected chi connectivity index (χ3v) is 6.24. The molecule has 1 heterocycles. The van der Waals surface area contributed by atoms with Crippen molar-refractivity contribution in [2.45, 2.75) is 12.8 Å². The molecule has 0 radical (unpaired) electrons. The molecule has 1 aliphatic rings. The van der Waals surface area contributed by atoms with Gasteiger partial charge < -0.3 is 19.9 Å². The van der Waals surface area contributed by atoms with Crippen molar-refractivity contribution in [3.63, 3.8) is 0 Å². The van der Waals surface area contributed by atoms with Crippen LogP contribution in [0.3, 0.4) is 0 Å². The maximum absolute atomic E-state index is 13.2. The molecule has 0 bridgehead atoms. The largest absolute Gasteiger partial charge is 0.495 e. The summed E-state index contributed by atoms with van der Waals surface area (Å²) in [5.74, 6) is -2.20. The Labute approximate surface area is 200 Å². The summed E-state index contributed by atoms with van der Waals surface area (Å²) >= 11 is 3.48. The highest BCUT2D eigenvalue weighted by molar-refractivity contribution is 9.10. The number of hydrogen-bond donors (Lipinski definition) is 1. The summed E-state index contributed by atoms with van der Waals surface area (Å²) < 4.78 is 16.3. The van der Waals surface area contributed by atoms with Gasteiger partial charge in [0.05, 0.1) is 50.2 Å². The van der Waals surface area contributed by atoms with Crippen molar-refractivity contribution in [3.05, 3.63) is 80.7 Å². The van der Waals surface area contributed by atoms with E-state index in [4.69, 9.17) is 19.9 Å². The zero-order valence-corrected chi connectivity index (χ0v) is 20.1. The van der Waals surface area contributed by atoms with E-state index in [0.29, 0.717) is 27.0 Å². The normalized spacial score (nSPS) is 15.8. The third-order valence-electron chi connectivity index (χ3n) is 5.38. The number of rotatable bonds is 5. The molecule has 0 saturated carbocycles. The zero-order valence-electron chi connectivity index (χ0n) is 18.5. The first-order chi connectivity index (χ1) is 15.8. The number of methoxy groups -OCH3 is 3. The molecule has 2 aromatic carbocycles. The van der Waals surface area contributed by atoms with Crippen molar-refractivity contribution in [1.29, 1.82) is 5.26 Å². The molecule has 0 aliphatic carbocycles. The molecular weight excluding hydrogens is 490 g/mol. The number of benzene rings is 2. The quantitative estimate of drug-likeness (QED) is 0.604. The van der Waals surface area contributed by atoms with E-state index in [2.05, 4.69) is 22.0 Å². The molecule has 1 aliphatic heterocycles. The summed E-state index contributed by atoms with van der Waals surface area (Å²) in [5.41, 5.74) is 8.03. The van der Waals surface area contributed by atoms with E-state index in [1.54, 1.807) is 49.4 Å². The standard InChI is InChI=1S/C24H22BrN3O5/c1-13-16(25)10-11-17(31-2)20(13)28-21(24(30)33-4)19(23(29)32-3)18(15(12-26)22(28)27)14-8-6-5-7-9-14/h5-11,18H,27H2,1-4H3. The number of ether oxygens (including phenoxy) is 3. The Morgan fingerprint density at radius 2 is 1.70 bits per heavy atom. The van der Waals surface area contributed by atoms with Gasteiger partial charge >= 0.3 is 11.9 Å². The van der Waals surface area contributed by atoms with Crippen LogP contribution >= 0.6 is 15.9 Å². The maximum atomic E-state index is 13.2. The minimum absolute atomic E-state index is 0.0288. The first-order valence-corrected chi connectivity index (χ1v) is 10.6. The molecule has 0 amide bonds. The molecule has 3 rings (SSSR count). The molecule has 2 aromatic rings. The minimum atomic E-state index is -0.938. The molecule has 33 heavy (non-hydrogen) atoms. The maximum Gasteiger partial charge on any atom is 0.355 e. The average Bonchev–Trinajstić information content (AvgIpc) is 2.84. The van der Waals surface area contributed by atoms with Crippen LogP contribution in [-0.2, 0) is 19.1 Å². The predicted octanol–water partition coefficient (Wildman–Crippen LogP) is 3.66. The first-order valence-electron chi connectivity index (χ1n) is 9.80. The van der Waals surface area contributed by atoms with Crippen molar-refractivity contribution in [2.24, 2.45) is 5.73 Å². The number of halogens is 1. The van der Waals surface area contributed by atoms with Crippen LogP contribution in [0.25, 0.3) is 0 Å². The van der Waals surface area contributed by atoms with E-state index < -0.39 is 17.9 Å². The van der Waals surface area contributed by atoms with Crippen molar-refractivity contribution >= 4 is 33.6 Å². The van der Waals surface area contributed by atoms with Crippen molar-refractivity contribution in [3.8, 4) is 11.8 Å². The van der Waals surface area contributed by atoms with Crippen molar-refractivity contribution < 1.29 is 23.8 Å². The summed E-state index contributed by atoms with van der Waals surface area (Å²) in [6.45, 7) is 1.79. The van der Waals surface area contributed by atoms with Gasteiger partial charge in [-0.2, -0.15) is 5.26 Å². The van der Waals surface area contributed by atoms with Crippen LogP contribution < -0.4 is 15.4 Å². The number of nitriles is 1. The van der Waals surface area contributed by atoms with E-state index in [-0.39, 0.29) is 22.7 Å². The molecule has 9 heteroatoms. The topological polar surface area (TPSA) is 115 Å². The van der Waals surface area contributed by atoms with Crippen molar-refractivity contribution in [1.82, 2.24) is 0 Å². The zero-order chi connectivity index (χ0) is 24.3. The fourth-order valence-electron chi connectivity index (χ4n) is 3.84. The van der Waals surface area contributed by atoms with Crippen LogP contribution in [-0.4, -0.2) is 33.3 Å². The molecule has 0 fully saturated rings. The average molecular weight is 512 g/mol. The Bertz CT molecular complexity index is 1210. The summed E-state index contributed by atoms with van der Waals surface area (Å²) in [6, 6.07) is 14.4.